The molecule has 5 nitrogen and oxygen atoms in total. The molecule has 5 heteroatoms. The molecule has 0 radical (unpaired) electrons. The number of nitrogens with one attached hydrogen (secondary N) is 2. The maximum absolute atomic E-state index is 11.7. The van der Waals surface area contributed by atoms with Gasteiger partial charge in [-0.1, -0.05) is 12.1 Å². The molecule has 0 aliphatic rings. The predicted octanol–water partition coefficient (Wildman–Crippen LogP) is 3.24. The zero-order valence-electron chi connectivity index (χ0n) is 13.2. The van der Waals surface area contributed by atoms with Crippen LogP contribution in [-0.4, -0.2) is 24.1 Å². The summed E-state index contributed by atoms with van der Waals surface area (Å²) in [5.41, 5.74) is 1.38. The summed E-state index contributed by atoms with van der Waals surface area (Å²) in [4.78, 5) is 23.1. The standard InChI is InChI=1S/C16H24N2O3/c1-12-7-5-8-13(11-12)18-14(19)9-6-10-17-15(20)21-16(2,3)4/h5,7-8,11H,6,9-10H2,1-4H3,(H,17,20)(H,18,19). The van der Waals surface area contributed by atoms with Gasteiger partial charge in [0.1, 0.15) is 5.60 Å². The van der Waals surface area contributed by atoms with Crippen LogP contribution in [0.4, 0.5) is 10.5 Å². The van der Waals surface area contributed by atoms with Crippen molar-refractivity contribution >= 4 is 17.7 Å². The number of alkyl carbamates (subject to hydrolysis) is 1. The van der Waals surface area contributed by atoms with Gasteiger partial charge in [0.05, 0.1) is 0 Å². The van der Waals surface area contributed by atoms with E-state index >= 15 is 0 Å². The van der Waals surface area contributed by atoms with E-state index in [0.29, 0.717) is 19.4 Å². The lowest BCUT2D eigenvalue weighted by Crippen LogP contribution is -2.33. The van der Waals surface area contributed by atoms with Crippen LogP contribution in [0.1, 0.15) is 39.2 Å². The molecule has 0 spiro atoms. The maximum atomic E-state index is 11.7. The second-order valence-electron chi connectivity index (χ2n) is 5.95. The average molecular weight is 292 g/mol. The van der Waals surface area contributed by atoms with Gasteiger partial charge in [0, 0.05) is 18.7 Å². The Morgan fingerprint density at radius 2 is 1.95 bits per heavy atom. The zero-order chi connectivity index (χ0) is 15.9. The van der Waals surface area contributed by atoms with E-state index in [1.165, 1.54) is 0 Å². The number of amides is 2. The Bertz CT molecular complexity index is 493. The quantitative estimate of drug-likeness (QED) is 0.819. The maximum Gasteiger partial charge on any atom is 0.407 e. The number of benzene rings is 1. The van der Waals surface area contributed by atoms with Crippen LogP contribution in [0.5, 0.6) is 0 Å². The summed E-state index contributed by atoms with van der Waals surface area (Å²) in [7, 11) is 0. The number of aryl methyl sites for hydroxylation is 1. The lowest BCUT2D eigenvalue weighted by atomic mass is 10.2. The second-order valence-corrected chi connectivity index (χ2v) is 5.95. The van der Waals surface area contributed by atoms with Crippen LogP contribution in [-0.2, 0) is 9.53 Å². The summed E-state index contributed by atoms with van der Waals surface area (Å²) in [6.45, 7) is 7.81. The van der Waals surface area contributed by atoms with Crippen molar-refractivity contribution in [2.24, 2.45) is 0 Å². The Morgan fingerprint density at radius 3 is 2.57 bits per heavy atom. The predicted molar refractivity (Wildman–Crippen MR) is 83.3 cm³/mol. The van der Waals surface area contributed by atoms with Crippen molar-refractivity contribution in [3.8, 4) is 0 Å². The highest BCUT2D eigenvalue weighted by Crippen LogP contribution is 2.10. The third-order valence-electron chi connectivity index (χ3n) is 2.55. The fraction of sp³-hybridized carbons (Fsp3) is 0.500. The molecule has 0 heterocycles. The van der Waals surface area contributed by atoms with Crippen molar-refractivity contribution in [2.45, 2.75) is 46.1 Å². The van der Waals surface area contributed by atoms with Gasteiger partial charge in [0.25, 0.3) is 0 Å². The van der Waals surface area contributed by atoms with Crippen LogP contribution in [0.3, 0.4) is 0 Å². The molecule has 1 rings (SSSR count). The molecular weight excluding hydrogens is 268 g/mol. The van der Waals surface area contributed by atoms with Crippen molar-refractivity contribution in [1.82, 2.24) is 5.32 Å². The Balaban J connectivity index is 2.21. The molecule has 0 saturated carbocycles. The van der Waals surface area contributed by atoms with Crippen molar-refractivity contribution in [3.63, 3.8) is 0 Å². The van der Waals surface area contributed by atoms with Crippen molar-refractivity contribution < 1.29 is 14.3 Å². The molecule has 116 valence electrons. The highest BCUT2D eigenvalue weighted by atomic mass is 16.6. The van der Waals surface area contributed by atoms with E-state index in [1.807, 2.05) is 52.0 Å². The molecule has 0 unspecified atom stereocenters. The first-order valence-corrected chi connectivity index (χ1v) is 7.09. The van der Waals surface area contributed by atoms with Crippen LogP contribution in [0.2, 0.25) is 0 Å². The molecule has 0 bridgehead atoms. The number of carbonyl (C=O) groups excluding carboxylic acids is 2. The van der Waals surface area contributed by atoms with Gasteiger partial charge in [-0.25, -0.2) is 4.79 Å². The van der Waals surface area contributed by atoms with Gasteiger partial charge in [-0.05, 0) is 51.8 Å². The first-order chi connectivity index (χ1) is 9.76. The molecule has 0 aromatic heterocycles. The zero-order valence-corrected chi connectivity index (χ0v) is 13.2. The van der Waals surface area contributed by atoms with Crippen LogP contribution in [0.25, 0.3) is 0 Å². The van der Waals surface area contributed by atoms with E-state index in [0.717, 1.165) is 11.3 Å². The number of rotatable bonds is 5. The summed E-state index contributed by atoms with van der Waals surface area (Å²) in [6, 6.07) is 7.64. The number of anilines is 1. The van der Waals surface area contributed by atoms with Gasteiger partial charge >= 0.3 is 6.09 Å². The minimum Gasteiger partial charge on any atom is -0.444 e. The first-order valence-electron chi connectivity index (χ1n) is 7.09. The Kier molecular flexibility index (Phi) is 6.21. The highest BCUT2D eigenvalue weighted by molar-refractivity contribution is 5.90. The monoisotopic (exact) mass is 292 g/mol. The average Bonchev–Trinajstić information content (AvgIpc) is 2.32. The third-order valence-corrected chi connectivity index (χ3v) is 2.55. The SMILES string of the molecule is Cc1cccc(NC(=O)CCCNC(=O)OC(C)(C)C)c1. The fourth-order valence-electron chi connectivity index (χ4n) is 1.70. The van der Waals surface area contributed by atoms with E-state index in [4.69, 9.17) is 4.74 Å². The molecular formula is C16H24N2O3. The van der Waals surface area contributed by atoms with Crippen LogP contribution >= 0.6 is 0 Å². The summed E-state index contributed by atoms with van der Waals surface area (Å²) in [6.07, 6.45) is 0.460. The lowest BCUT2D eigenvalue weighted by Gasteiger charge is -2.19. The van der Waals surface area contributed by atoms with Crippen LogP contribution < -0.4 is 10.6 Å². The highest BCUT2D eigenvalue weighted by Gasteiger charge is 2.15. The number of hydrogen-bond acceptors (Lipinski definition) is 3. The molecule has 2 amide bonds. The molecule has 0 fully saturated rings. The van der Waals surface area contributed by atoms with E-state index in [9.17, 15) is 9.59 Å². The number of hydrogen-bond donors (Lipinski definition) is 2. The molecule has 0 atom stereocenters. The van der Waals surface area contributed by atoms with Gasteiger partial charge < -0.3 is 15.4 Å². The summed E-state index contributed by atoms with van der Waals surface area (Å²) >= 11 is 0. The van der Waals surface area contributed by atoms with Crippen molar-refractivity contribution in [3.05, 3.63) is 29.8 Å². The molecule has 0 aliphatic carbocycles. The minimum atomic E-state index is -0.507. The second kappa shape index (κ2) is 7.67. The van der Waals surface area contributed by atoms with Gasteiger partial charge in [-0.15, -0.1) is 0 Å². The van der Waals surface area contributed by atoms with E-state index in [-0.39, 0.29) is 5.91 Å². The summed E-state index contributed by atoms with van der Waals surface area (Å²) in [5.74, 6) is -0.0633. The molecule has 1 aromatic rings. The third kappa shape index (κ3) is 7.97. The number of carbonyl (C=O) groups is 2. The minimum absolute atomic E-state index is 0.0633. The lowest BCUT2D eigenvalue weighted by molar-refractivity contribution is -0.116. The van der Waals surface area contributed by atoms with E-state index < -0.39 is 11.7 Å². The normalized spacial score (nSPS) is 10.9. The van der Waals surface area contributed by atoms with Crippen molar-refractivity contribution in [2.75, 3.05) is 11.9 Å². The number of ether oxygens (including phenoxy) is 1. The van der Waals surface area contributed by atoms with Crippen LogP contribution in [0.15, 0.2) is 24.3 Å². The van der Waals surface area contributed by atoms with Gasteiger partial charge in [-0.3, -0.25) is 4.79 Å². The van der Waals surface area contributed by atoms with Crippen molar-refractivity contribution in [1.29, 1.82) is 0 Å². The summed E-state index contributed by atoms with van der Waals surface area (Å²) < 4.78 is 5.10. The van der Waals surface area contributed by atoms with Gasteiger partial charge in [0.2, 0.25) is 5.91 Å². The molecule has 0 saturated heterocycles. The van der Waals surface area contributed by atoms with Gasteiger partial charge in [0.15, 0.2) is 0 Å². The van der Waals surface area contributed by atoms with Crippen LogP contribution in [0, 0.1) is 6.92 Å². The Labute approximate surface area is 126 Å². The van der Waals surface area contributed by atoms with E-state index in [2.05, 4.69) is 10.6 Å². The Hall–Kier alpha value is -2.04. The Morgan fingerprint density at radius 1 is 1.24 bits per heavy atom. The molecule has 0 aliphatic heterocycles. The fourth-order valence-corrected chi connectivity index (χ4v) is 1.70. The smallest absolute Gasteiger partial charge is 0.407 e. The summed E-state index contributed by atoms with van der Waals surface area (Å²) in [5, 5.41) is 5.45. The van der Waals surface area contributed by atoms with E-state index in [1.54, 1.807) is 0 Å². The molecule has 2 N–H and O–H groups in total. The molecule has 21 heavy (non-hydrogen) atoms. The van der Waals surface area contributed by atoms with Gasteiger partial charge in [-0.2, -0.15) is 0 Å². The topological polar surface area (TPSA) is 67.4 Å². The molecule has 1 aromatic carbocycles. The first kappa shape index (κ1) is 17.0. The largest absolute Gasteiger partial charge is 0.444 e.